The summed E-state index contributed by atoms with van der Waals surface area (Å²) in [7, 11) is 0. The summed E-state index contributed by atoms with van der Waals surface area (Å²) in [5.41, 5.74) is 3.47. The first-order valence-corrected chi connectivity index (χ1v) is 11.4. The number of Topliss-reactive ketones (excluding diaryl/α,β-unsaturated/α-hetero) is 1. The van der Waals surface area contributed by atoms with E-state index in [9.17, 15) is 9.59 Å². The van der Waals surface area contributed by atoms with Gasteiger partial charge in [-0.1, -0.05) is 37.8 Å². The van der Waals surface area contributed by atoms with Gasteiger partial charge >= 0.3 is 0 Å². The number of ketones is 1. The van der Waals surface area contributed by atoms with Crippen LogP contribution in [-0.4, -0.2) is 41.8 Å². The van der Waals surface area contributed by atoms with Gasteiger partial charge in [0.05, 0.1) is 0 Å². The molecule has 1 N–H and O–H groups in total. The first-order chi connectivity index (χ1) is 13.7. The molecule has 1 saturated heterocycles. The number of amides is 1. The van der Waals surface area contributed by atoms with Crippen LogP contribution in [0.5, 0.6) is 0 Å². The van der Waals surface area contributed by atoms with Gasteiger partial charge in [-0.3, -0.25) is 14.5 Å². The molecular formula is C24H34N2O2. The molecule has 4 rings (SSSR count). The normalized spacial score (nSPS) is 23.4. The Labute approximate surface area is 169 Å². The second-order valence-corrected chi connectivity index (χ2v) is 8.95. The number of carbonyl (C=O) groups is 2. The predicted octanol–water partition coefficient (Wildman–Crippen LogP) is 4.05. The van der Waals surface area contributed by atoms with Crippen molar-refractivity contribution in [1.29, 1.82) is 0 Å². The van der Waals surface area contributed by atoms with Gasteiger partial charge in [0, 0.05) is 43.6 Å². The highest BCUT2D eigenvalue weighted by Gasteiger charge is 2.29. The highest BCUT2D eigenvalue weighted by atomic mass is 16.2. The molecule has 0 spiro atoms. The van der Waals surface area contributed by atoms with Crippen molar-refractivity contribution in [1.82, 2.24) is 10.2 Å². The summed E-state index contributed by atoms with van der Waals surface area (Å²) in [6, 6.07) is 7.04. The largest absolute Gasteiger partial charge is 0.352 e. The first kappa shape index (κ1) is 19.6. The predicted molar refractivity (Wildman–Crippen MR) is 112 cm³/mol. The Morgan fingerprint density at radius 1 is 0.929 bits per heavy atom. The van der Waals surface area contributed by atoms with Gasteiger partial charge in [-0.15, -0.1) is 0 Å². The van der Waals surface area contributed by atoms with Crippen LogP contribution in [0.4, 0.5) is 0 Å². The fourth-order valence-electron chi connectivity index (χ4n) is 5.28. The van der Waals surface area contributed by atoms with Crippen molar-refractivity contribution in [3.63, 3.8) is 0 Å². The van der Waals surface area contributed by atoms with Gasteiger partial charge in [0.25, 0.3) is 0 Å². The zero-order valence-electron chi connectivity index (χ0n) is 17.0. The Kier molecular flexibility index (Phi) is 6.46. The first-order valence-electron chi connectivity index (χ1n) is 11.4. The molecule has 0 bridgehead atoms. The van der Waals surface area contributed by atoms with Gasteiger partial charge in [-0.2, -0.15) is 0 Å². The topological polar surface area (TPSA) is 49.4 Å². The van der Waals surface area contributed by atoms with Crippen molar-refractivity contribution < 1.29 is 9.59 Å². The summed E-state index contributed by atoms with van der Waals surface area (Å²) in [6.07, 6.45) is 13.1. The lowest BCUT2D eigenvalue weighted by atomic mass is 10.0. The summed E-state index contributed by atoms with van der Waals surface area (Å²) < 4.78 is 0. The van der Waals surface area contributed by atoms with Gasteiger partial charge in [0.2, 0.25) is 5.91 Å². The highest BCUT2D eigenvalue weighted by Crippen LogP contribution is 2.25. The molecule has 152 valence electrons. The Morgan fingerprint density at radius 3 is 2.54 bits per heavy atom. The lowest BCUT2D eigenvalue weighted by molar-refractivity contribution is -0.121. The molecule has 28 heavy (non-hydrogen) atoms. The second kappa shape index (κ2) is 9.21. The number of carbonyl (C=O) groups excluding carboxylic acids is 2. The SMILES string of the molecule is O=C(CCC(=O)c1ccc2c(c1)CCC2)NC1CCN(C2CCCCCC2)C1. The van der Waals surface area contributed by atoms with Crippen LogP contribution >= 0.6 is 0 Å². The zero-order valence-corrected chi connectivity index (χ0v) is 17.0. The summed E-state index contributed by atoms with van der Waals surface area (Å²) in [6.45, 7) is 2.08. The van der Waals surface area contributed by atoms with Gasteiger partial charge < -0.3 is 5.32 Å². The molecule has 1 unspecified atom stereocenters. The van der Waals surface area contributed by atoms with E-state index in [4.69, 9.17) is 0 Å². The second-order valence-electron chi connectivity index (χ2n) is 8.95. The van der Waals surface area contributed by atoms with Gasteiger partial charge in [-0.05, 0) is 55.7 Å². The maximum Gasteiger partial charge on any atom is 0.220 e. The number of benzene rings is 1. The third-order valence-electron chi connectivity index (χ3n) is 6.93. The maximum absolute atomic E-state index is 12.5. The van der Waals surface area contributed by atoms with Crippen molar-refractivity contribution in [3.8, 4) is 0 Å². The molecular weight excluding hydrogens is 348 g/mol. The summed E-state index contributed by atoms with van der Waals surface area (Å²) >= 11 is 0. The van der Waals surface area contributed by atoms with Crippen LogP contribution in [-0.2, 0) is 17.6 Å². The van der Waals surface area contributed by atoms with Crippen molar-refractivity contribution in [3.05, 3.63) is 34.9 Å². The molecule has 1 aromatic carbocycles. The van der Waals surface area contributed by atoms with E-state index >= 15 is 0 Å². The molecule has 0 radical (unpaired) electrons. The van der Waals surface area contributed by atoms with Crippen molar-refractivity contribution in [2.45, 2.75) is 89.1 Å². The lowest BCUT2D eigenvalue weighted by Crippen LogP contribution is -2.39. The van der Waals surface area contributed by atoms with Gasteiger partial charge in [-0.25, -0.2) is 0 Å². The Bertz CT molecular complexity index is 707. The van der Waals surface area contributed by atoms with E-state index in [1.165, 1.54) is 56.1 Å². The van der Waals surface area contributed by atoms with Crippen LogP contribution in [0, 0.1) is 0 Å². The van der Waals surface area contributed by atoms with E-state index in [0.29, 0.717) is 18.9 Å². The van der Waals surface area contributed by atoms with Crippen molar-refractivity contribution in [2.24, 2.45) is 0 Å². The third kappa shape index (κ3) is 4.83. The van der Waals surface area contributed by atoms with Crippen LogP contribution in [0.15, 0.2) is 18.2 Å². The summed E-state index contributed by atoms with van der Waals surface area (Å²) in [5.74, 6) is 0.124. The average molecular weight is 383 g/mol. The number of nitrogens with one attached hydrogen (secondary N) is 1. The molecule has 3 aliphatic rings. The van der Waals surface area contributed by atoms with E-state index in [-0.39, 0.29) is 17.7 Å². The number of nitrogens with zero attached hydrogens (tertiary/aromatic N) is 1. The van der Waals surface area contributed by atoms with Crippen molar-refractivity contribution in [2.75, 3.05) is 13.1 Å². The van der Waals surface area contributed by atoms with E-state index in [2.05, 4.69) is 16.3 Å². The molecule has 0 aromatic heterocycles. The van der Waals surface area contributed by atoms with E-state index < -0.39 is 0 Å². The van der Waals surface area contributed by atoms with E-state index in [0.717, 1.165) is 37.9 Å². The van der Waals surface area contributed by atoms with Crippen molar-refractivity contribution >= 4 is 11.7 Å². The number of fused-ring (bicyclic) bond motifs is 1. The number of rotatable bonds is 6. The Hall–Kier alpha value is -1.68. The lowest BCUT2D eigenvalue weighted by Gasteiger charge is -2.26. The fourth-order valence-corrected chi connectivity index (χ4v) is 5.28. The van der Waals surface area contributed by atoms with Crippen LogP contribution in [0.3, 0.4) is 0 Å². The quantitative estimate of drug-likeness (QED) is 0.596. The number of hydrogen-bond donors (Lipinski definition) is 1. The van der Waals surface area contributed by atoms with Crippen LogP contribution in [0.1, 0.15) is 85.7 Å². The number of hydrogen-bond acceptors (Lipinski definition) is 3. The zero-order chi connectivity index (χ0) is 19.3. The smallest absolute Gasteiger partial charge is 0.220 e. The third-order valence-corrected chi connectivity index (χ3v) is 6.93. The minimum atomic E-state index is 0.0298. The minimum absolute atomic E-state index is 0.0298. The van der Waals surface area contributed by atoms with E-state index in [1.807, 2.05) is 12.1 Å². The van der Waals surface area contributed by atoms with Gasteiger partial charge in [0.15, 0.2) is 5.78 Å². The number of aryl methyl sites for hydroxylation is 2. The summed E-state index contributed by atoms with van der Waals surface area (Å²) in [4.78, 5) is 27.5. The van der Waals surface area contributed by atoms with Crippen LogP contribution < -0.4 is 5.32 Å². The van der Waals surface area contributed by atoms with E-state index in [1.54, 1.807) is 0 Å². The van der Waals surface area contributed by atoms with Gasteiger partial charge in [0.1, 0.15) is 0 Å². The monoisotopic (exact) mass is 382 g/mol. The van der Waals surface area contributed by atoms with Crippen LogP contribution in [0.2, 0.25) is 0 Å². The number of likely N-dealkylation sites (tertiary alicyclic amines) is 1. The molecule has 1 heterocycles. The molecule has 1 amide bonds. The van der Waals surface area contributed by atoms with Crippen LogP contribution in [0.25, 0.3) is 0 Å². The molecule has 2 fully saturated rings. The standard InChI is InChI=1S/C24H34N2O2/c27-23(20-11-10-18-6-5-7-19(18)16-20)12-13-24(28)25-21-14-15-26(17-21)22-8-3-1-2-4-9-22/h10-11,16,21-22H,1-9,12-15,17H2,(H,25,28). The molecule has 1 aromatic rings. The minimum Gasteiger partial charge on any atom is -0.352 e. The molecule has 4 heteroatoms. The molecule has 1 atom stereocenters. The Morgan fingerprint density at radius 2 is 1.71 bits per heavy atom. The molecule has 1 aliphatic heterocycles. The highest BCUT2D eigenvalue weighted by molar-refractivity contribution is 5.98. The summed E-state index contributed by atoms with van der Waals surface area (Å²) in [5, 5.41) is 3.18. The fraction of sp³-hybridized carbons (Fsp3) is 0.667. The average Bonchev–Trinajstić information content (AvgIpc) is 3.28. The molecule has 4 nitrogen and oxygen atoms in total. The maximum atomic E-state index is 12.5. The molecule has 2 aliphatic carbocycles. The molecule has 1 saturated carbocycles. The Balaban J connectivity index is 1.21.